The lowest BCUT2D eigenvalue weighted by Crippen LogP contribution is -2.53. The summed E-state index contributed by atoms with van der Waals surface area (Å²) in [6, 6.07) is 0.511. The van der Waals surface area contributed by atoms with Crippen LogP contribution in [0.2, 0.25) is 0 Å². The molecule has 104 valence electrons. The zero-order chi connectivity index (χ0) is 12.3. The van der Waals surface area contributed by atoms with Gasteiger partial charge in [0, 0.05) is 25.7 Å². The lowest BCUT2D eigenvalue weighted by molar-refractivity contribution is -0.138. The van der Waals surface area contributed by atoms with E-state index in [9.17, 15) is 4.79 Å². The number of nitrogens with zero attached hydrogens (tertiary/aromatic N) is 1. The smallest absolute Gasteiger partial charge is 0.228 e. The topological polar surface area (TPSA) is 32.3 Å². The summed E-state index contributed by atoms with van der Waals surface area (Å²) in [5.41, 5.74) is 0.782. The molecule has 0 aromatic carbocycles. The van der Waals surface area contributed by atoms with Gasteiger partial charge in [0.15, 0.2) is 0 Å². The Morgan fingerprint density at radius 1 is 1.22 bits per heavy atom. The Morgan fingerprint density at radius 3 is 2.44 bits per heavy atom. The van der Waals surface area contributed by atoms with Gasteiger partial charge in [-0.05, 0) is 30.1 Å². The molecule has 0 aromatic rings. The molecule has 1 N–H and O–H groups in total. The third-order valence-electron chi connectivity index (χ3n) is 4.83. The van der Waals surface area contributed by atoms with Gasteiger partial charge in [0.2, 0.25) is 5.91 Å². The largest absolute Gasteiger partial charge is 0.339 e. The van der Waals surface area contributed by atoms with Gasteiger partial charge in [-0.25, -0.2) is 0 Å². The van der Waals surface area contributed by atoms with E-state index in [1.54, 1.807) is 0 Å². The van der Waals surface area contributed by atoms with Crippen LogP contribution in [0, 0.1) is 16.7 Å². The van der Waals surface area contributed by atoms with Crippen molar-refractivity contribution in [3.05, 3.63) is 0 Å². The Bertz CT molecular complexity index is 354. The summed E-state index contributed by atoms with van der Waals surface area (Å²) in [5.74, 6) is 0.677. The van der Waals surface area contributed by atoms with Crippen LogP contribution in [0.15, 0.2) is 0 Å². The van der Waals surface area contributed by atoms with Crippen LogP contribution in [0.4, 0.5) is 0 Å². The van der Waals surface area contributed by atoms with Gasteiger partial charge in [-0.3, -0.25) is 4.79 Å². The van der Waals surface area contributed by atoms with E-state index in [2.05, 4.69) is 31.0 Å². The van der Waals surface area contributed by atoms with Gasteiger partial charge in [0.05, 0.1) is 5.92 Å². The Labute approximate surface area is 116 Å². The van der Waals surface area contributed by atoms with Crippen LogP contribution in [0.25, 0.3) is 0 Å². The van der Waals surface area contributed by atoms with E-state index in [1.807, 2.05) is 0 Å². The Morgan fingerprint density at radius 2 is 1.89 bits per heavy atom. The molecule has 0 aromatic heterocycles. The van der Waals surface area contributed by atoms with Crippen LogP contribution in [0.5, 0.6) is 0 Å². The van der Waals surface area contributed by atoms with Crippen molar-refractivity contribution in [1.82, 2.24) is 10.2 Å². The number of nitrogens with one attached hydrogen (secondary N) is 1. The molecule has 4 heteroatoms. The lowest BCUT2D eigenvalue weighted by Gasteiger charge is -2.40. The summed E-state index contributed by atoms with van der Waals surface area (Å²) in [7, 11) is 0. The van der Waals surface area contributed by atoms with Crippen molar-refractivity contribution in [1.29, 1.82) is 0 Å². The Kier molecular flexibility index (Phi) is 3.44. The summed E-state index contributed by atoms with van der Waals surface area (Å²) in [4.78, 5) is 14.6. The maximum Gasteiger partial charge on any atom is 0.228 e. The molecule has 3 rings (SSSR count). The lowest BCUT2D eigenvalue weighted by atomic mass is 9.65. The second-order valence-corrected chi connectivity index (χ2v) is 7.54. The molecule has 2 heterocycles. The number of amides is 1. The molecular weight excluding hydrogens is 248 g/mol. The minimum atomic E-state index is 0. The molecule has 2 saturated heterocycles. The first-order chi connectivity index (χ1) is 7.89. The third-order valence-corrected chi connectivity index (χ3v) is 4.83. The van der Waals surface area contributed by atoms with Crippen molar-refractivity contribution in [3.8, 4) is 0 Å². The van der Waals surface area contributed by atoms with Gasteiger partial charge in [0.25, 0.3) is 0 Å². The zero-order valence-corrected chi connectivity index (χ0v) is 12.5. The van der Waals surface area contributed by atoms with E-state index in [1.165, 1.54) is 19.3 Å². The fourth-order valence-corrected chi connectivity index (χ4v) is 4.42. The molecule has 0 spiro atoms. The first-order valence-corrected chi connectivity index (χ1v) is 6.90. The highest BCUT2D eigenvalue weighted by atomic mass is 35.5. The number of halogens is 1. The maximum absolute atomic E-state index is 12.4. The number of hydrogen-bond acceptors (Lipinski definition) is 2. The quantitative estimate of drug-likeness (QED) is 0.792. The molecule has 0 radical (unpaired) electrons. The van der Waals surface area contributed by atoms with Gasteiger partial charge in [-0.1, -0.05) is 20.8 Å². The van der Waals surface area contributed by atoms with Crippen LogP contribution in [0.3, 0.4) is 0 Å². The van der Waals surface area contributed by atoms with Crippen molar-refractivity contribution in [2.45, 2.75) is 46.1 Å². The van der Waals surface area contributed by atoms with E-state index in [0.717, 1.165) is 19.6 Å². The Balaban J connectivity index is 0.00000120. The summed E-state index contributed by atoms with van der Waals surface area (Å²) in [6.45, 7) is 9.86. The first-order valence-electron chi connectivity index (χ1n) is 6.90. The second kappa shape index (κ2) is 4.38. The van der Waals surface area contributed by atoms with Gasteiger partial charge in [-0.15, -0.1) is 12.4 Å². The average molecular weight is 273 g/mol. The van der Waals surface area contributed by atoms with E-state index in [4.69, 9.17) is 0 Å². The summed E-state index contributed by atoms with van der Waals surface area (Å²) in [5, 5.41) is 3.20. The molecule has 2 atom stereocenters. The molecular formula is C14H25ClN2O. The van der Waals surface area contributed by atoms with Crippen molar-refractivity contribution < 1.29 is 4.79 Å². The van der Waals surface area contributed by atoms with E-state index < -0.39 is 0 Å². The van der Waals surface area contributed by atoms with Crippen LogP contribution in [0.1, 0.15) is 40.0 Å². The minimum Gasteiger partial charge on any atom is -0.339 e. The van der Waals surface area contributed by atoms with Crippen LogP contribution in [-0.2, 0) is 4.79 Å². The van der Waals surface area contributed by atoms with E-state index in [-0.39, 0.29) is 18.3 Å². The molecule has 3 aliphatic rings. The van der Waals surface area contributed by atoms with Crippen LogP contribution < -0.4 is 5.32 Å². The summed E-state index contributed by atoms with van der Waals surface area (Å²) >= 11 is 0. The molecule has 3 fully saturated rings. The fourth-order valence-electron chi connectivity index (χ4n) is 4.42. The van der Waals surface area contributed by atoms with Crippen molar-refractivity contribution in [2.75, 3.05) is 19.6 Å². The molecule has 2 aliphatic heterocycles. The highest BCUT2D eigenvalue weighted by molar-refractivity contribution is 5.85. The molecule has 2 bridgehead atoms. The normalized spacial score (nSPS) is 37.9. The first kappa shape index (κ1) is 14.1. The van der Waals surface area contributed by atoms with Crippen molar-refractivity contribution in [3.63, 3.8) is 0 Å². The van der Waals surface area contributed by atoms with Crippen molar-refractivity contribution >= 4 is 18.3 Å². The minimum absolute atomic E-state index is 0. The average Bonchev–Trinajstić information content (AvgIpc) is 2.31. The SMILES string of the molecule is CC1(C)CC2CC(C)(CN2C(=O)C2CNC2)C1.Cl. The molecule has 2 unspecified atom stereocenters. The van der Waals surface area contributed by atoms with Crippen molar-refractivity contribution in [2.24, 2.45) is 16.7 Å². The van der Waals surface area contributed by atoms with Gasteiger partial charge in [0.1, 0.15) is 0 Å². The van der Waals surface area contributed by atoms with Gasteiger partial charge in [-0.2, -0.15) is 0 Å². The summed E-state index contributed by atoms with van der Waals surface area (Å²) in [6.07, 6.45) is 3.68. The second-order valence-electron chi connectivity index (χ2n) is 7.54. The van der Waals surface area contributed by atoms with Crippen LogP contribution >= 0.6 is 12.4 Å². The number of hydrogen-bond donors (Lipinski definition) is 1. The van der Waals surface area contributed by atoms with Gasteiger partial charge < -0.3 is 10.2 Å². The number of carbonyl (C=O) groups excluding carboxylic acids is 1. The third kappa shape index (κ3) is 2.27. The number of rotatable bonds is 1. The maximum atomic E-state index is 12.4. The fraction of sp³-hybridized carbons (Fsp3) is 0.929. The highest BCUT2D eigenvalue weighted by Gasteiger charge is 2.51. The number of likely N-dealkylation sites (tertiary alicyclic amines) is 1. The molecule has 18 heavy (non-hydrogen) atoms. The number of carbonyl (C=O) groups is 1. The molecule has 1 saturated carbocycles. The Hall–Kier alpha value is -0.280. The monoisotopic (exact) mass is 272 g/mol. The molecule has 1 amide bonds. The van der Waals surface area contributed by atoms with E-state index >= 15 is 0 Å². The highest BCUT2D eigenvalue weighted by Crippen LogP contribution is 2.52. The standard InChI is InChI=1S/C14H24N2O.ClH/c1-13(2)4-11-5-14(3,8-13)9-16(11)12(17)10-6-15-7-10;/h10-11,15H,4-9H2,1-3H3;1H. The van der Waals surface area contributed by atoms with E-state index in [0.29, 0.717) is 22.8 Å². The molecule has 3 nitrogen and oxygen atoms in total. The zero-order valence-electron chi connectivity index (χ0n) is 11.7. The molecule has 1 aliphatic carbocycles. The predicted octanol–water partition coefficient (Wildman–Crippen LogP) is 2.05. The summed E-state index contributed by atoms with van der Waals surface area (Å²) < 4.78 is 0. The predicted molar refractivity (Wildman–Crippen MR) is 74.8 cm³/mol. The number of fused-ring (bicyclic) bond motifs is 2. The van der Waals surface area contributed by atoms with Gasteiger partial charge >= 0.3 is 0 Å². The van der Waals surface area contributed by atoms with Crippen LogP contribution in [-0.4, -0.2) is 36.5 Å².